The Morgan fingerprint density at radius 1 is 1.35 bits per heavy atom. The maximum absolute atomic E-state index is 12.6. The van der Waals surface area contributed by atoms with Crippen molar-refractivity contribution in [2.45, 2.75) is 44.7 Å². The minimum Gasteiger partial charge on any atom is -0.338 e. The molecule has 1 aromatic carbocycles. The molecular weight excluding hydrogens is 292 g/mol. The van der Waals surface area contributed by atoms with Crippen molar-refractivity contribution in [1.82, 2.24) is 25.1 Å². The average Bonchev–Trinajstić information content (AvgIpc) is 3.10. The molecule has 2 aromatic rings. The van der Waals surface area contributed by atoms with Crippen molar-refractivity contribution in [1.29, 1.82) is 0 Å². The Hall–Kier alpha value is -2.28. The summed E-state index contributed by atoms with van der Waals surface area (Å²) in [4.78, 5) is 14.6. The van der Waals surface area contributed by atoms with E-state index in [0.29, 0.717) is 6.42 Å². The summed E-state index contributed by atoms with van der Waals surface area (Å²) in [5.74, 6) is 0.155. The Morgan fingerprint density at radius 3 is 2.78 bits per heavy atom. The zero-order valence-corrected chi connectivity index (χ0v) is 13.3. The fourth-order valence-electron chi connectivity index (χ4n) is 3.14. The van der Waals surface area contributed by atoms with E-state index >= 15 is 0 Å². The van der Waals surface area contributed by atoms with Gasteiger partial charge in [0.2, 0.25) is 5.91 Å². The van der Waals surface area contributed by atoms with Crippen molar-refractivity contribution in [2.24, 2.45) is 5.73 Å². The van der Waals surface area contributed by atoms with Crippen LogP contribution in [0.4, 0.5) is 0 Å². The lowest BCUT2D eigenvalue weighted by molar-refractivity contribution is -0.134. The van der Waals surface area contributed by atoms with Gasteiger partial charge in [0, 0.05) is 18.6 Å². The second-order valence-corrected chi connectivity index (χ2v) is 6.11. The maximum atomic E-state index is 12.6. The largest absolute Gasteiger partial charge is 0.338 e. The van der Waals surface area contributed by atoms with E-state index in [2.05, 4.69) is 15.5 Å². The van der Waals surface area contributed by atoms with Crippen LogP contribution < -0.4 is 5.73 Å². The molecule has 122 valence electrons. The first-order valence-electron chi connectivity index (χ1n) is 8.02. The number of nitrogens with two attached hydrogens (primary N) is 1. The normalized spacial score (nSPS) is 19.6. The van der Waals surface area contributed by atoms with Gasteiger partial charge in [-0.05, 0) is 54.3 Å². The van der Waals surface area contributed by atoms with Gasteiger partial charge >= 0.3 is 0 Å². The summed E-state index contributed by atoms with van der Waals surface area (Å²) in [5, 5.41) is 11.1. The zero-order valence-electron chi connectivity index (χ0n) is 13.3. The molecule has 1 saturated heterocycles. The van der Waals surface area contributed by atoms with Gasteiger partial charge in [0.1, 0.15) is 6.33 Å². The van der Waals surface area contributed by atoms with Gasteiger partial charge in [-0.2, -0.15) is 0 Å². The molecule has 0 aliphatic carbocycles. The van der Waals surface area contributed by atoms with Crippen LogP contribution in [-0.4, -0.2) is 49.6 Å². The summed E-state index contributed by atoms with van der Waals surface area (Å²) in [5.41, 5.74) is 7.91. The molecule has 1 amide bonds. The highest BCUT2D eigenvalue weighted by atomic mass is 16.2. The predicted octanol–water partition coefficient (Wildman–Crippen LogP) is 0.933. The van der Waals surface area contributed by atoms with Crippen molar-refractivity contribution in [2.75, 3.05) is 6.54 Å². The van der Waals surface area contributed by atoms with Crippen molar-refractivity contribution >= 4 is 5.91 Å². The van der Waals surface area contributed by atoms with E-state index in [1.165, 1.54) is 0 Å². The van der Waals surface area contributed by atoms with E-state index in [9.17, 15) is 4.79 Å². The van der Waals surface area contributed by atoms with Crippen molar-refractivity contribution in [3.8, 4) is 5.69 Å². The lowest BCUT2D eigenvalue weighted by Gasteiger charge is -2.38. The van der Waals surface area contributed by atoms with Crippen molar-refractivity contribution in [3.05, 3.63) is 36.2 Å². The molecule has 7 heteroatoms. The number of benzene rings is 1. The monoisotopic (exact) mass is 314 g/mol. The molecule has 7 nitrogen and oxygen atoms in total. The zero-order chi connectivity index (χ0) is 16.2. The highest BCUT2D eigenvalue weighted by Crippen LogP contribution is 2.20. The number of aromatic nitrogens is 4. The fraction of sp³-hybridized carbons (Fsp3) is 0.500. The van der Waals surface area contributed by atoms with Crippen LogP contribution in [0.3, 0.4) is 0 Å². The van der Waals surface area contributed by atoms with Gasteiger partial charge in [0.05, 0.1) is 12.1 Å². The van der Waals surface area contributed by atoms with Gasteiger partial charge in [0.25, 0.3) is 0 Å². The molecule has 1 fully saturated rings. The Kier molecular flexibility index (Phi) is 4.66. The first-order chi connectivity index (χ1) is 11.1. The Labute approximate surface area is 135 Å². The first kappa shape index (κ1) is 15.6. The van der Waals surface area contributed by atoms with E-state index in [-0.39, 0.29) is 18.0 Å². The number of carbonyl (C=O) groups excluding carboxylic acids is 1. The lowest BCUT2D eigenvalue weighted by atomic mass is 9.96. The van der Waals surface area contributed by atoms with E-state index in [1.807, 2.05) is 36.1 Å². The molecule has 3 rings (SSSR count). The van der Waals surface area contributed by atoms with Crippen LogP contribution in [0.5, 0.6) is 0 Å². The van der Waals surface area contributed by atoms with E-state index in [1.54, 1.807) is 11.0 Å². The van der Waals surface area contributed by atoms with Gasteiger partial charge in [-0.15, -0.1) is 5.10 Å². The molecule has 2 unspecified atom stereocenters. The summed E-state index contributed by atoms with van der Waals surface area (Å²) in [6.07, 6.45) is 5.16. The van der Waals surface area contributed by atoms with E-state index < -0.39 is 0 Å². The highest BCUT2D eigenvalue weighted by molar-refractivity contribution is 5.79. The third-order valence-corrected chi connectivity index (χ3v) is 4.38. The quantitative estimate of drug-likeness (QED) is 0.907. The number of amides is 1. The van der Waals surface area contributed by atoms with Gasteiger partial charge in [-0.1, -0.05) is 12.1 Å². The number of carbonyl (C=O) groups is 1. The summed E-state index contributed by atoms with van der Waals surface area (Å²) < 4.78 is 1.59. The minimum atomic E-state index is 0.0152. The maximum Gasteiger partial charge on any atom is 0.227 e. The van der Waals surface area contributed by atoms with Crippen LogP contribution in [0.15, 0.2) is 30.6 Å². The first-order valence-corrected chi connectivity index (χ1v) is 8.02. The molecule has 1 aromatic heterocycles. The van der Waals surface area contributed by atoms with Crippen LogP contribution in [0.25, 0.3) is 5.69 Å². The van der Waals surface area contributed by atoms with Gasteiger partial charge in [0.15, 0.2) is 0 Å². The molecule has 23 heavy (non-hydrogen) atoms. The second-order valence-electron chi connectivity index (χ2n) is 6.11. The topological polar surface area (TPSA) is 89.9 Å². The SMILES string of the molecule is CC(N)C1CCCCN1C(=O)Cc1ccc(-n2cnnn2)cc1. The number of likely N-dealkylation sites (tertiary alicyclic amines) is 1. The van der Waals surface area contributed by atoms with Crippen LogP contribution in [0.2, 0.25) is 0 Å². The number of piperidine rings is 1. The molecule has 2 atom stereocenters. The van der Waals surface area contributed by atoms with Crippen molar-refractivity contribution < 1.29 is 4.79 Å². The number of hydrogen-bond acceptors (Lipinski definition) is 5. The fourth-order valence-corrected chi connectivity index (χ4v) is 3.14. The molecule has 0 spiro atoms. The smallest absolute Gasteiger partial charge is 0.227 e. The van der Waals surface area contributed by atoms with E-state index in [0.717, 1.165) is 37.1 Å². The average molecular weight is 314 g/mol. The molecule has 0 bridgehead atoms. The second kappa shape index (κ2) is 6.87. The number of rotatable bonds is 4. The lowest BCUT2D eigenvalue weighted by Crippen LogP contribution is -2.52. The van der Waals surface area contributed by atoms with Gasteiger partial charge < -0.3 is 10.6 Å². The molecule has 2 N–H and O–H groups in total. The third-order valence-electron chi connectivity index (χ3n) is 4.38. The molecule has 1 aliphatic rings. The van der Waals surface area contributed by atoms with Crippen LogP contribution in [0.1, 0.15) is 31.7 Å². The Balaban J connectivity index is 1.67. The minimum absolute atomic E-state index is 0.0152. The van der Waals surface area contributed by atoms with Gasteiger partial charge in [-0.3, -0.25) is 4.79 Å². The van der Waals surface area contributed by atoms with Crippen LogP contribution >= 0.6 is 0 Å². The predicted molar refractivity (Wildman–Crippen MR) is 85.9 cm³/mol. The summed E-state index contributed by atoms with van der Waals surface area (Å²) in [6.45, 7) is 2.80. The Bertz CT molecular complexity index is 637. The van der Waals surface area contributed by atoms with Gasteiger partial charge in [-0.25, -0.2) is 4.68 Å². The summed E-state index contributed by atoms with van der Waals surface area (Å²) in [6, 6.07) is 7.90. The highest BCUT2D eigenvalue weighted by Gasteiger charge is 2.28. The van der Waals surface area contributed by atoms with Crippen molar-refractivity contribution in [3.63, 3.8) is 0 Å². The Morgan fingerprint density at radius 2 is 2.13 bits per heavy atom. The van der Waals surface area contributed by atoms with Crippen LogP contribution in [0, 0.1) is 0 Å². The number of nitrogens with zero attached hydrogens (tertiary/aromatic N) is 5. The number of hydrogen-bond donors (Lipinski definition) is 1. The molecule has 2 heterocycles. The molecular formula is C16H22N6O. The molecule has 1 aliphatic heterocycles. The standard InChI is InChI=1S/C16H22N6O/c1-12(17)15-4-2-3-9-21(15)16(23)10-13-5-7-14(8-6-13)22-11-18-19-20-22/h5-8,11-12,15H,2-4,9-10,17H2,1H3. The molecule has 0 saturated carbocycles. The summed E-state index contributed by atoms with van der Waals surface area (Å²) >= 11 is 0. The molecule has 0 radical (unpaired) electrons. The summed E-state index contributed by atoms with van der Waals surface area (Å²) in [7, 11) is 0. The third kappa shape index (κ3) is 3.56. The van der Waals surface area contributed by atoms with Crippen LogP contribution in [-0.2, 0) is 11.2 Å². The number of tetrazole rings is 1. The van der Waals surface area contributed by atoms with E-state index in [4.69, 9.17) is 5.73 Å².